The molecule has 0 aliphatic rings. The van der Waals surface area contributed by atoms with Crippen molar-refractivity contribution in [3.8, 4) is 0 Å². The van der Waals surface area contributed by atoms with Crippen molar-refractivity contribution in [1.29, 1.82) is 0 Å². The summed E-state index contributed by atoms with van der Waals surface area (Å²) in [4.78, 5) is 10.5. The van der Waals surface area contributed by atoms with Gasteiger partial charge in [0.15, 0.2) is 0 Å². The summed E-state index contributed by atoms with van der Waals surface area (Å²) < 4.78 is 9.27. The van der Waals surface area contributed by atoms with Gasteiger partial charge in [0.05, 0.1) is 13.7 Å². The topological polar surface area (TPSA) is 35.5 Å². The molecule has 0 aliphatic carbocycles. The van der Waals surface area contributed by atoms with Gasteiger partial charge >= 0.3 is 5.97 Å². The highest BCUT2D eigenvalue weighted by molar-refractivity contribution is 5.81. The molecule has 0 fully saturated rings. The van der Waals surface area contributed by atoms with Crippen LogP contribution in [0.3, 0.4) is 0 Å². The van der Waals surface area contributed by atoms with Crippen LogP contribution in [0.15, 0.2) is 12.7 Å². The number of carbonyl (C=O) groups is 1. The summed E-state index contributed by atoms with van der Waals surface area (Å²) in [5.41, 5.74) is 0. The molecular weight excluding hydrogens is 144 g/mol. The summed E-state index contributed by atoms with van der Waals surface area (Å²) in [6.07, 6.45) is 2.81. The average Bonchev–Trinajstić information content (AvgIpc) is 2.04. The van der Waals surface area contributed by atoms with E-state index < -0.39 is 0 Å². The third-order valence-electron chi connectivity index (χ3n) is 1.09. The molecule has 63 valence electrons. The first kappa shape index (κ1) is 10.2. The molecule has 0 aromatic rings. The molecule has 0 aliphatic heterocycles. The minimum Gasteiger partial charge on any atom is -0.463 e. The summed E-state index contributed by atoms with van der Waals surface area (Å²) in [5, 5.41) is 0. The molecule has 0 bridgehead atoms. The van der Waals surface area contributed by atoms with Gasteiger partial charge in [-0.25, -0.2) is 4.79 Å². The smallest absolute Gasteiger partial charge is 0.330 e. The largest absolute Gasteiger partial charge is 0.463 e. The van der Waals surface area contributed by atoms with Gasteiger partial charge in [0, 0.05) is 12.7 Å². The second-order valence-electron chi connectivity index (χ2n) is 1.99. The lowest BCUT2D eigenvalue weighted by molar-refractivity contribution is -0.137. The molecule has 1 radical (unpaired) electrons. The van der Waals surface area contributed by atoms with E-state index in [1.165, 1.54) is 0 Å². The monoisotopic (exact) mass is 157 g/mol. The Kier molecular flexibility index (Phi) is 6.73. The van der Waals surface area contributed by atoms with Crippen LogP contribution < -0.4 is 0 Å². The number of esters is 1. The van der Waals surface area contributed by atoms with E-state index in [9.17, 15) is 4.79 Å². The van der Waals surface area contributed by atoms with Crippen molar-refractivity contribution >= 4 is 5.97 Å². The van der Waals surface area contributed by atoms with E-state index >= 15 is 0 Å². The predicted octanol–water partition coefficient (Wildman–Crippen LogP) is 1.30. The van der Waals surface area contributed by atoms with Crippen molar-refractivity contribution in [2.45, 2.75) is 12.8 Å². The van der Waals surface area contributed by atoms with Crippen molar-refractivity contribution in [2.24, 2.45) is 0 Å². The SMILES string of the molecule is [CH2]OCCCCOC(=O)C=C. The van der Waals surface area contributed by atoms with Crippen LogP contribution in [0.1, 0.15) is 12.8 Å². The maximum Gasteiger partial charge on any atom is 0.330 e. The van der Waals surface area contributed by atoms with E-state index in [1.807, 2.05) is 0 Å². The third kappa shape index (κ3) is 7.06. The highest BCUT2D eigenvalue weighted by atomic mass is 16.5. The maximum absolute atomic E-state index is 10.5. The molecule has 0 atom stereocenters. The van der Waals surface area contributed by atoms with E-state index in [4.69, 9.17) is 4.74 Å². The lowest BCUT2D eigenvalue weighted by atomic mass is 10.3. The fourth-order valence-electron chi connectivity index (χ4n) is 0.538. The molecule has 3 nitrogen and oxygen atoms in total. The number of hydrogen-bond acceptors (Lipinski definition) is 3. The molecular formula is C8H13O3. The zero-order valence-electron chi connectivity index (χ0n) is 6.54. The number of rotatable bonds is 6. The van der Waals surface area contributed by atoms with Gasteiger partial charge in [0.25, 0.3) is 0 Å². The second kappa shape index (κ2) is 7.28. The van der Waals surface area contributed by atoms with Crippen LogP contribution in [0.2, 0.25) is 0 Å². The molecule has 0 rings (SSSR count). The molecule has 0 saturated carbocycles. The van der Waals surface area contributed by atoms with E-state index in [0.717, 1.165) is 18.9 Å². The van der Waals surface area contributed by atoms with E-state index in [2.05, 4.69) is 18.4 Å². The molecule has 0 aromatic heterocycles. The van der Waals surface area contributed by atoms with Crippen LogP contribution >= 0.6 is 0 Å². The molecule has 3 heteroatoms. The number of carbonyl (C=O) groups excluding carboxylic acids is 1. The summed E-state index contributed by atoms with van der Waals surface area (Å²) in [5.74, 6) is -0.374. The van der Waals surface area contributed by atoms with Crippen molar-refractivity contribution in [3.05, 3.63) is 19.8 Å². The molecule has 0 N–H and O–H groups in total. The summed E-state index contributed by atoms with van der Waals surface area (Å²) >= 11 is 0. The number of ether oxygens (including phenoxy) is 2. The maximum atomic E-state index is 10.5. The van der Waals surface area contributed by atoms with E-state index in [1.54, 1.807) is 0 Å². The van der Waals surface area contributed by atoms with Crippen molar-refractivity contribution in [3.63, 3.8) is 0 Å². The van der Waals surface area contributed by atoms with E-state index in [0.29, 0.717) is 13.2 Å². The third-order valence-corrected chi connectivity index (χ3v) is 1.09. The van der Waals surface area contributed by atoms with Crippen LogP contribution in [-0.4, -0.2) is 19.2 Å². The van der Waals surface area contributed by atoms with Crippen LogP contribution in [0.5, 0.6) is 0 Å². The Labute approximate surface area is 67.0 Å². The highest BCUT2D eigenvalue weighted by Crippen LogP contribution is 1.91. The molecule has 11 heavy (non-hydrogen) atoms. The van der Waals surface area contributed by atoms with Gasteiger partial charge in [0.2, 0.25) is 0 Å². The van der Waals surface area contributed by atoms with Gasteiger partial charge in [0.1, 0.15) is 0 Å². The minimum atomic E-state index is -0.374. The van der Waals surface area contributed by atoms with Crippen molar-refractivity contribution in [2.75, 3.05) is 13.2 Å². The molecule has 0 amide bonds. The van der Waals surface area contributed by atoms with Crippen LogP contribution in [-0.2, 0) is 14.3 Å². The van der Waals surface area contributed by atoms with Gasteiger partial charge in [-0.15, -0.1) is 0 Å². The molecule has 0 unspecified atom stereocenters. The Morgan fingerprint density at radius 3 is 2.55 bits per heavy atom. The Morgan fingerprint density at radius 2 is 2.00 bits per heavy atom. The highest BCUT2D eigenvalue weighted by Gasteiger charge is 1.93. The predicted molar refractivity (Wildman–Crippen MR) is 41.7 cm³/mol. The Bertz CT molecular complexity index is 121. The zero-order valence-corrected chi connectivity index (χ0v) is 6.54. The Balaban J connectivity index is 3.01. The quantitative estimate of drug-likeness (QED) is 0.331. The molecule has 0 aromatic carbocycles. The van der Waals surface area contributed by atoms with Gasteiger partial charge in [-0.2, -0.15) is 0 Å². The fourth-order valence-corrected chi connectivity index (χ4v) is 0.538. The molecule has 0 saturated heterocycles. The summed E-state index contributed by atoms with van der Waals surface area (Å²) in [7, 11) is 3.21. The summed E-state index contributed by atoms with van der Waals surface area (Å²) in [6.45, 7) is 4.29. The van der Waals surface area contributed by atoms with Crippen LogP contribution in [0.4, 0.5) is 0 Å². The van der Waals surface area contributed by atoms with Gasteiger partial charge in [-0.3, -0.25) is 0 Å². The first-order valence-corrected chi connectivity index (χ1v) is 3.47. The first-order valence-electron chi connectivity index (χ1n) is 3.47. The Hall–Kier alpha value is -0.830. The normalized spacial score (nSPS) is 9.18. The zero-order chi connectivity index (χ0) is 8.53. The van der Waals surface area contributed by atoms with Crippen LogP contribution in [0, 0.1) is 7.11 Å². The molecule has 0 spiro atoms. The Morgan fingerprint density at radius 1 is 1.36 bits per heavy atom. The van der Waals surface area contributed by atoms with Crippen LogP contribution in [0.25, 0.3) is 0 Å². The number of unbranched alkanes of at least 4 members (excludes halogenated alkanes) is 1. The van der Waals surface area contributed by atoms with Gasteiger partial charge < -0.3 is 9.47 Å². The molecule has 0 heterocycles. The summed E-state index contributed by atoms with van der Waals surface area (Å²) in [6, 6.07) is 0. The average molecular weight is 157 g/mol. The minimum absolute atomic E-state index is 0.374. The van der Waals surface area contributed by atoms with Crippen molar-refractivity contribution < 1.29 is 14.3 Å². The van der Waals surface area contributed by atoms with Crippen molar-refractivity contribution in [1.82, 2.24) is 0 Å². The lowest BCUT2D eigenvalue weighted by Gasteiger charge is -2.00. The fraction of sp³-hybridized carbons (Fsp3) is 0.500. The first-order chi connectivity index (χ1) is 5.31. The van der Waals surface area contributed by atoms with E-state index in [-0.39, 0.29) is 5.97 Å². The standard InChI is InChI=1S/C8H13O3/c1-3-8(9)11-7-5-4-6-10-2/h3H,1-2,4-7H2. The van der Waals surface area contributed by atoms with Gasteiger partial charge in [-0.05, 0) is 12.8 Å². The number of hydrogen-bond donors (Lipinski definition) is 0. The van der Waals surface area contributed by atoms with Gasteiger partial charge in [-0.1, -0.05) is 6.58 Å². The second-order valence-corrected chi connectivity index (χ2v) is 1.99. The lowest BCUT2D eigenvalue weighted by Crippen LogP contribution is -2.02.